The summed E-state index contributed by atoms with van der Waals surface area (Å²) in [5.41, 5.74) is 2.49. The normalized spacial score (nSPS) is 10.9. The molecule has 0 fully saturated rings. The number of nitrogens with zero attached hydrogens (tertiary/aromatic N) is 3. The van der Waals surface area contributed by atoms with Crippen molar-refractivity contribution in [2.24, 2.45) is 12.0 Å². The average Bonchev–Trinajstić information content (AvgIpc) is 3.00. The number of rotatable bonds is 8. The van der Waals surface area contributed by atoms with E-state index in [9.17, 15) is 0 Å². The minimum atomic E-state index is 0. The minimum absolute atomic E-state index is 0. The van der Waals surface area contributed by atoms with Gasteiger partial charge < -0.3 is 15.4 Å². The Hall–Kier alpha value is -1.77. The Labute approximate surface area is 167 Å². The molecule has 0 aliphatic heterocycles. The zero-order valence-corrected chi connectivity index (χ0v) is 17.5. The average molecular weight is 457 g/mol. The zero-order valence-electron chi connectivity index (χ0n) is 15.2. The number of benzene rings is 1. The molecule has 0 unspecified atom stereocenters. The summed E-state index contributed by atoms with van der Waals surface area (Å²) in [5.74, 6) is 1.69. The summed E-state index contributed by atoms with van der Waals surface area (Å²) >= 11 is 0. The third-order valence-electron chi connectivity index (χ3n) is 3.60. The summed E-state index contributed by atoms with van der Waals surface area (Å²) in [5, 5.41) is 10.7. The highest BCUT2D eigenvalue weighted by molar-refractivity contribution is 14.0. The van der Waals surface area contributed by atoms with Crippen molar-refractivity contribution in [3.63, 3.8) is 0 Å². The fraction of sp³-hybridized carbons (Fsp3) is 0.444. The van der Waals surface area contributed by atoms with Crippen molar-refractivity contribution in [3.8, 4) is 5.75 Å². The SMILES string of the molecule is CN=C(NCCCc1cnn(C)c1)NCCOc1ccc(C)cc1.I. The molecule has 0 bridgehead atoms. The maximum atomic E-state index is 5.69. The molecule has 2 aromatic rings. The number of guanidine groups is 1. The van der Waals surface area contributed by atoms with E-state index in [1.807, 2.05) is 42.2 Å². The quantitative estimate of drug-likeness (QED) is 0.277. The van der Waals surface area contributed by atoms with Gasteiger partial charge in [-0.25, -0.2) is 0 Å². The van der Waals surface area contributed by atoms with E-state index in [1.54, 1.807) is 7.05 Å². The first-order valence-electron chi connectivity index (χ1n) is 8.29. The van der Waals surface area contributed by atoms with Crippen molar-refractivity contribution >= 4 is 29.9 Å². The highest BCUT2D eigenvalue weighted by Crippen LogP contribution is 2.10. The van der Waals surface area contributed by atoms with Gasteiger partial charge in [-0.3, -0.25) is 9.67 Å². The molecule has 0 amide bonds. The van der Waals surface area contributed by atoms with Gasteiger partial charge in [0, 0.05) is 26.8 Å². The Morgan fingerprint density at radius 2 is 1.92 bits per heavy atom. The number of hydrogen-bond acceptors (Lipinski definition) is 3. The van der Waals surface area contributed by atoms with Crippen molar-refractivity contribution in [3.05, 3.63) is 47.8 Å². The number of aliphatic imine (C=N–C) groups is 1. The molecule has 0 radical (unpaired) electrons. The van der Waals surface area contributed by atoms with Gasteiger partial charge in [0.05, 0.1) is 12.7 Å². The van der Waals surface area contributed by atoms with Crippen LogP contribution in [-0.2, 0) is 13.5 Å². The molecule has 7 heteroatoms. The van der Waals surface area contributed by atoms with Gasteiger partial charge >= 0.3 is 0 Å². The molecule has 0 aliphatic rings. The number of aryl methyl sites for hydroxylation is 3. The molecule has 1 aromatic heterocycles. The summed E-state index contributed by atoms with van der Waals surface area (Å²) in [6, 6.07) is 8.07. The molecule has 0 saturated heterocycles. The first-order valence-corrected chi connectivity index (χ1v) is 8.29. The Morgan fingerprint density at radius 3 is 2.56 bits per heavy atom. The number of aromatic nitrogens is 2. The van der Waals surface area contributed by atoms with Crippen molar-refractivity contribution in [2.45, 2.75) is 19.8 Å². The first-order chi connectivity index (χ1) is 11.7. The monoisotopic (exact) mass is 457 g/mol. The molecule has 0 atom stereocenters. The van der Waals surface area contributed by atoms with E-state index in [0.717, 1.165) is 31.1 Å². The number of halogens is 1. The maximum absolute atomic E-state index is 5.69. The van der Waals surface area contributed by atoms with Crippen LogP contribution in [0, 0.1) is 6.92 Å². The van der Waals surface area contributed by atoms with Crippen LogP contribution in [0.15, 0.2) is 41.7 Å². The standard InChI is InChI=1S/C18H27N5O.HI/c1-15-6-8-17(9-7-15)24-12-11-21-18(19-2)20-10-4-5-16-13-22-23(3)14-16;/h6-9,13-14H,4-5,10-12H2,1-3H3,(H2,19,20,21);1H. The molecule has 1 aromatic carbocycles. The Balaban J connectivity index is 0.00000312. The lowest BCUT2D eigenvalue weighted by Gasteiger charge is -2.12. The Morgan fingerprint density at radius 1 is 1.20 bits per heavy atom. The van der Waals surface area contributed by atoms with Crippen LogP contribution in [0.3, 0.4) is 0 Å². The number of nitrogens with one attached hydrogen (secondary N) is 2. The molecule has 25 heavy (non-hydrogen) atoms. The predicted octanol–water partition coefficient (Wildman–Crippen LogP) is 2.52. The van der Waals surface area contributed by atoms with Crippen molar-refractivity contribution in [1.29, 1.82) is 0 Å². The molecule has 138 valence electrons. The van der Waals surface area contributed by atoms with Crippen LogP contribution in [0.25, 0.3) is 0 Å². The van der Waals surface area contributed by atoms with Gasteiger partial charge in [0.25, 0.3) is 0 Å². The summed E-state index contributed by atoms with van der Waals surface area (Å²) in [6.45, 7) is 4.23. The lowest BCUT2D eigenvalue weighted by molar-refractivity contribution is 0.322. The largest absolute Gasteiger partial charge is 0.492 e. The third kappa shape index (κ3) is 8.24. The second kappa shape index (κ2) is 11.7. The second-order valence-electron chi connectivity index (χ2n) is 5.71. The third-order valence-corrected chi connectivity index (χ3v) is 3.60. The van der Waals surface area contributed by atoms with E-state index >= 15 is 0 Å². The summed E-state index contributed by atoms with van der Waals surface area (Å²) in [6.07, 6.45) is 6.01. The molecular weight excluding hydrogens is 429 g/mol. The lowest BCUT2D eigenvalue weighted by Crippen LogP contribution is -2.39. The molecular formula is C18H28IN5O. The smallest absolute Gasteiger partial charge is 0.191 e. The van der Waals surface area contributed by atoms with Gasteiger partial charge in [0.15, 0.2) is 5.96 Å². The predicted molar refractivity (Wildman–Crippen MR) is 113 cm³/mol. The van der Waals surface area contributed by atoms with E-state index in [1.165, 1.54) is 11.1 Å². The van der Waals surface area contributed by atoms with Crippen LogP contribution >= 0.6 is 24.0 Å². The van der Waals surface area contributed by atoms with Gasteiger partial charge in [-0.05, 0) is 37.5 Å². The van der Waals surface area contributed by atoms with Gasteiger partial charge in [0.1, 0.15) is 12.4 Å². The van der Waals surface area contributed by atoms with Crippen LogP contribution < -0.4 is 15.4 Å². The van der Waals surface area contributed by atoms with E-state index in [4.69, 9.17) is 4.74 Å². The summed E-state index contributed by atoms with van der Waals surface area (Å²) in [4.78, 5) is 4.22. The van der Waals surface area contributed by atoms with Crippen LogP contribution in [0.2, 0.25) is 0 Å². The number of hydrogen-bond donors (Lipinski definition) is 2. The van der Waals surface area contributed by atoms with E-state index in [2.05, 4.69) is 33.8 Å². The molecule has 2 rings (SSSR count). The van der Waals surface area contributed by atoms with Crippen molar-refractivity contribution < 1.29 is 4.74 Å². The molecule has 0 spiro atoms. The fourth-order valence-corrected chi connectivity index (χ4v) is 2.29. The number of ether oxygens (including phenoxy) is 1. The van der Waals surface area contributed by atoms with Gasteiger partial charge in [-0.2, -0.15) is 5.10 Å². The van der Waals surface area contributed by atoms with Gasteiger partial charge in [-0.15, -0.1) is 24.0 Å². The van der Waals surface area contributed by atoms with E-state index in [0.29, 0.717) is 13.2 Å². The highest BCUT2D eigenvalue weighted by Gasteiger charge is 1.99. The van der Waals surface area contributed by atoms with Crippen LogP contribution in [0.1, 0.15) is 17.5 Å². The molecule has 6 nitrogen and oxygen atoms in total. The second-order valence-corrected chi connectivity index (χ2v) is 5.71. The molecule has 2 N–H and O–H groups in total. The lowest BCUT2D eigenvalue weighted by atomic mass is 10.2. The Kier molecular flexibility index (Phi) is 9.98. The molecule has 0 aliphatic carbocycles. The van der Waals surface area contributed by atoms with E-state index in [-0.39, 0.29) is 24.0 Å². The van der Waals surface area contributed by atoms with Crippen LogP contribution in [0.4, 0.5) is 0 Å². The summed E-state index contributed by atoms with van der Waals surface area (Å²) in [7, 11) is 3.71. The minimum Gasteiger partial charge on any atom is -0.492 e. The maximum Gasteiger partial charge on any atom is 0.191 e. The highest BCUT2D eigenvalue weighted by atomic mass is 127. The zero-order chi connectivity index (χ0) is 17.2. The van der Waals surface area contributed by atoms with E-state index < -0.39 is 0 Å². The van der Waals surface area contributed by atoms with Crippen LogP contribution in [0.5, 0.6) is 5.75 Å². The van der Waals surface area contributed by atoms with Crippen molar-refractivity contribution in [1.82, 2.24) is 20.4 Å². The van der Waals surface area contributed by atoms with Gasteiger partial charge in [-0.1, -0.05) is 17.7 Å². The van der Waals surface area contributed by atoms with Crippen molar-refractivity contribution in [2.75, 3.05) is 26.7 Å². The topological polar surface area (TPSA) is 63.5 Å². The molecule has 0 saturated carbocycles. The summed E-state index contributed by atoms with van der Waals surface area (Å²) < 4.78 is 7.52. The van der Waals surface area contributed by atoms with Crippen LogP contribution in [-0.4, -0.2) is 42.5 Å². The Bertz CT molecular complexity index is 639. The molecule has 1 heterocycles. The fourth-order valence-electron chi connectivity index (χ4n) is 2.29. The van der Waals surface area contributed by atoms with Gasteiger partial charge in [0.2, 0.25) is 0 Å². The first kappa shape index (κ1) is 21.3.